The number of nitrogens with zero attached hydrogens (tertiary/aromatic N) is 1. The Balaban J connectivity index is 2.76. The van der Waals surface area contributed by atoms with E-state index in [1.807, 2.05) is 24.3 Å². The monoisotopic (exact) mass is 221 g/mol. The van der Waals surface area contributed by atoms with Gasteiger partial charge in [-0.1, -0.05) is 23.4 Å². The third kappa shape index (κ3) is 3.90. The van der Waals surface area contributed by atoms with Crippen LogP contribution in [0.2, 0.25) is 0 Å². The molecule has 0 atom stereocenters. The Morgan fingerprint density at radius 2 is 2.12 bits per heavy atom. The summed E-state index contributed by atoms with van der Waals surface area (Å²) in [5.41, 5.74) is 7.44. The van der Waals surface area contributed by atoms with Gasteiger partial charge in [-0.2, -0.15) is 0 Å². The lowest BCUT2D eigenvalue weighted by atomic mass is 10.1. The summed E-state index contributed by atoms with van der Waals surface area (Å²) < 4.78 is 0. The maximum atomic E-state index is 8.59. The Bertz CT molecular complexity index is 380. The van der Waals surface area contributed by atoms with E-state index in [0.717, 1.165) is 17.7 Å². The molecule has 4 heteroatoms. The van der Waals surface area contributed by atoms with E-state index in [9.17, 15) is 0 Å². The van der Waals surface area contributed by atoms with Crippen molar-refractivity contribution >= 4 is 5.84 Å². The fraction of sp³-hybridized carbons (Fsp3) is 0.417. The number of oxime groups is 1. The predicted molar refractivity (Wildman–Crippen MR) is 65.5 cm³/mol. The van der Waals surface area contributed by atoms with Crippen LogP contribution in [0.5, 0.6) is 0 Å². The molecule has 1 aromatic rings. The molecule has 4 nitrogen and oxygen atoms in total. The zero-order chi connectivity index (χ0) is 12.2. The first-order chi connectivity index (χ1) is 7.42. The van der Waals surface area contributed by atoms with E-state index in [0.29, 0.717) is 0 Å². The molecule has 1 rings (SSSR count). The molecule has 4 N–H and O–H groups in total. The highest BCUT2D eigenvalue weighted by molar-refractivity contribution is 5.97. The zero-order valence-corrected chi connectivity index (χ0v) is 9.99. The van der Waals surface area contributed by atoms with E-state index < -0.39 is 0 Å². The summed E-state index contributed by atoms with van der Waals surface area (Å²) in [5.74, 6) is 0.137. The normalized spacial score (nSPS) is 12.8. The van der Waals surface area contributed by atoms with Crippen LogP contribution in [0.15, 0.2) is 29.4 Å². The summed E-state index contributed by atoms with van der Waals surface area (Å²) >= 11 is 0. The molecule has 16 heavy (non-hydrogen) atoms. The van der Waals surface area contributed by atoms with Gasteiger partial charge in [0.15, 0.2) is 5.84 Å². The van der Waals surface area contributed by atoms with Crippen LogP contribution in [0.3, 0.4) is 0 Å². The zero-order valence-electron chi connectivity index (χ0n) is 9.99. The van der Waals surface area contributed by atoms with Gasteiger partial charge in [-0.25, -0.2) is 0 Å². The van der Waals surface area contributed by atoms with Gasteiger partial charge in [-0.3, -0.25) is 0 Å². The molecule has 0 unspecified atom stereocenters. The van der Waals surface area contributed by atoms with E-state index in [4.69, 9.17) is 10.9 Å². The molecule has 0 aliphatic heterocycles. The molecule has 0 aromatic heterocycles. The summed E-state index contributed by atoms with van der Waals surface area (Å²) in [7, 11) is 0. The fourth-order valence-corrected chi connectivity index (χ4v) is 1.27. The predicted octanol–water partition coefficient (Wildman–Crippen LogP) is 1.67. The minimum Gasteiger partial charge on any atom is -0.409 e. The summed E-state index contributed by atoms with van der Waals surface area (Å²) in [5, 5.41) is 14.9. The van der Waals surface area contributed by atoms with Crippen molar-refractivity contribution in [3.8, 4) is 0 Å². The van der Waals surface area contributed by atoms with Gasteiger partial charge in [0.1, 0.15) is 0 Å². The van der Waals surface area contributed by atoms with Gasteiger partial charge < -0.3 is 16.3 Å². The van der Waals surface area contributed by atoms with E-state index in [1.165, 1.54) is 0 Å². The first-order valence-electron chi connectivity index (χ1n) is 5.24. The third-order valence-electron chi connectivity index (χ3n) is 2.15. The van der Waals surface area contributed by atoms with Crippen LogP contribution < -0.4 is 11.1 Å². The molecule has 0 heterocycles. The first kappa shape index (κ1) is 12.5. The Labute approximate surface area is 96.2 Å². The molecule has 0 saturated heterocycles. The van der Waals surface area contributed by atoms with Crippen molar-refractivity contribution in [2.45, 2.75) is 32.9 Å². The van der Waals surface area contributed by atoms with Gasteiger partial charge in [-0.05, 0) is 32.4 Å². The molecule has 88 valence electrons. The van der Waals surface area contributed by atoms with Crippen LogP contribution in [0, 0.1) is 0 Å². The quantitative estimate of drug-likeness (QED) is 0.315. The number of benzene rings is 1. The van der Waals surface area contributed by atoms with Crippen molar-refractivity contribution in [3.63, 3.8) is 0 Å². The van der Waals surface area contributed by atoms with Crippen LogP contribution in [0.1, 0.15) is 31.9 Å². The molecular weight excluding hydrogens is 202 g/mol. The minimum absolute atomic E-state index is 0.0760. The maximum absolute atomic E-state index is 8.59. The molecule has 0 spiro atoms. The number of rotatable bonds is 3. The second-order valence-electron chi connectivity index (χ2n) is 4.79. The fourth-order valence-electron chi connectivity index (χ4n) is 1.27. The van der Waals surface area contributed by atoms with Gasteiger partial charge in [0.05, 0.1) is 0 Å². The third-order valence-corrected chi connectivity index (χ3v) is 2.15. The smallest absolute Gasteiger partial charge is 0.170 e. The van der Waals surface area contributed by atoms with Gasteiger partial charge >= 0.3 is 0 Å². The molecule has 0 bridgehead atoms. The number of hydrogen-bond donors (Lipinski definition) is 3. The summed E-state index contributed by atoms with van der Waals surface area (Å²) in [4.78, 5) is 0. The SMILES string of the molecule is CC(C)(C)NCc1cccc(C(N)=NO)c1. The molecule has 0 radical (unpaired) electrons. The first-order valence-corrected chi connectivity index (χ1v) is 5.24. The highest BCUT2D eigenvalue weighted by atomic mass is 16.4. The largest absolute Gasteiger partial charge is 0.409 e. The average Bonchev–Trinajstić information content (AvgIpc) is 2.25. The number of amidine groups is 1. The van der Waals surface area contributed by atoms with Crippen LogP contribution >= 0.6 is 0 Å². The Morgan fingerprint density at radius 3 is 2.69 bits per heavy atom. The maximum Gasteiger partial charge on any atom is 0.170 e. The van der Waals surface area contributed by atoms with Crippen LogP contribution in [0.4, 0.5) is 0 Å². The molecule has 0 fully saturated rings. The minimum atomic E-state index is 0.0760. The van der Waals surface area contributed by atoms with E-state index in [1.54, 1.807) is 0 Å². The van der Waals surface area contributed by atoms with Gasteiger partial charge in [0.2, 0.25) is 0 Å². The number of nitrogens with one attached hydrogen (secondary N) is 1. The van der Waals surface area contributed by atoms with Crippen LogP contribution in [0.25, 0.3) is 0 Å². The van der Waals surface area contributed by atoms with Crippen LogP contribution in [-0.2, 0) is 6.54 Å². The lowest BCUT2D eigenvalue weighted by molar-refractivity contribution is 0.318. The summed E-state index contributed by atoms with van der Waals surface area (Å²) in [6.45, 7) is 7.09. The van der Waals surface area contributed by atoms with Crippen molar-refractivity contribution in [1.82, 2.24) is 5.32 Å². The van der Waals surface area contributed by atoms with Crippen molar-refractivity contribution in [1.29, 1.82) is 0 Å². The Hall–Kier alpha value is -1.55. The van der Waals surface area contributed by atoms with Crippen LogP contribution in [-0.4, -0.2) is 16.6 Å². The van der Waals surface area contributed by atoms with E-state index in [-0.39, 0.29) is 11.4 Å². The standard InChI is InChI=1S/C12H19N3O/c1-12(2,3)14-8-9-5-4-6-10(7-9)11(13)15-16/h4-7,14,16H,8H2,1-3H3,(H2,13,15). The Morgan fingerprint density at radius 1 is 1.44 bits per heavy atom. The lowest BCUT2D eigenvalue weighted by Crippen LogP contribution is -2.35. The Kier molecular flexibility index (Phi) is 3.90. The molecule has 0 saturated carbocycles. The van der Waals surface area contributed by atoms with Gasteiger partial charge in [-0.15, -0.1) is 0 Å². The van der Waals surface area contributed by atoms with E-state index >= 15 is 0 Å². The van der Waals surface area contributed by atoms with Crippen molar-refractivity contribution in [2.24, 2.45) is 10.9 Å². The number of hydrogen-bond acceptors (Lipinski definition) is 3. The second-order valence-corrected chi connectivity index (χ2v) is 4.79. The highest BCUT2D eigenvalue weighted by Crippen LogP contribution is 2.07. The highest BCUT2D eigenvalue weighted by Gasteiger charge is 2.08. The topological polar surface area (TPSA) is 70.6 Å². The molecule has 0 aliphatic rings. The van der Waals surface area contributed by atoms with Gasteiger partial charge in [0, 0.05) is 17.6 Å². The average molecular weight is 221 g/mol. The summed E-state index contributed by atoms with van der Waals surface area (Å²) in [6.07, 6.45) is 0. The van der Waals surface area contributed by atoms with E-state index in [2.05, 4.69) is 31.2 Å². The second kappa shape index (κ2) is 4.99. The number of nitrogens with two attached hydrogens (primary N) is 1. The lowest BCUT2D eigenvalue weighted by Gasteiger charge is -2.20. The van der Waals surface area contributed by atoms with Crippen molar-refractivity contribution in [2.75, 3.05) is 0 Å². The molecule has 0 aliphatic carbocycles. The van der Waals surface area contributed by atoms with Gasteiger partial charge in [0.25, 0.3) is 0 Å². The summed E-state index contributed by atoms with van der Waals surface area (Å²) in [6, 6.07) is 7.63. The molecule has 0 amide bonds. The molecule has 1 aromatic carbocycles. The van der Waals surface area contributed by atoms with Crippen molar-refractivity contribution < 1.29 is 5.21 Å². The molecular formula is C12H19N3O. The van der Waals surface area contributed by atoms with Crippen molar-refractivity contribution in [3.05, 3.63) is 35.4 Å².